The van der Waals surface area contributed by atoms with Gasteiger partial charge in [-0.05, 0) is 25.8 Å². The highest BCUT2D eigenvalue weighted by atomic mass is 35.5. The smallest absolute Gasteiger partial charge is 0.270 e. The number of aryl methyl sites for hydroxylation is 1. The highest BCUT2D eigenvalue weighted by Crippen LogP contribution is 2.23. The van der Waals surface area contributed by atoms with Crippen LogP contribution in [-0.2, 0) is 11.3 Å². The van der Waals surface area contributed by atoms with Crippen molar-refractivity contribution in [3.8, 4) is 0 Å². The lowest BCUT2D eigenvalue weighted by Gasteiger charge is -2.38. The zero-order valence-electron chi connectivity index (χ0n) is 12.0. The Kier molecular flexibility index (Phi) is 5.07. The highest BCUT2D eigenvalue weighted by Gasteiger charge is 2.32. The van der Waals surface area contributed by atoms with Gasteiger partial charge in [-0.15, -0.1) is 0 Å². The Bertz CT molecular complexity index is 475. The predicted molar refractivity (Wildman–Crippen MR) is 79.0 cm³/mol. The number of amides is 1. The second-order valence-electron chi connectivity index (χ2n) is 5.10. The van der Waals surface area contributed by atoms with Gasteiger partial charge in [0, 0.05) is 39.0 Å². The molecule has 6 heteroatoms. The lowest BCUT2D eigenvalue weighted by Crippen LogP contribution is -2.51. The summed E-state index contributed by atoms with van der Waals surface area (Å²) in [5.41, 5.74) is 6.45. The number of hydrogen-bond donors (Lipinski definition) is 1. The van der Waals surface area contributed by atoms with Crippen LogP contribution in [0.2, 0.25) is 5.02 Å². The second kappa shape index (κ2) is 6.61. The zero-order valence-corrected chi connectivity index (χ0v) is 12.8. The molecule has 1 saturated heterocycles. The maximum absolute atomic E-state index is 12.7. The minimum Gasteiger partial charge on any atom is -0.381 e. The number of nitrogens with two attached hydrogens (primary N) is 1. The van der Waals surface area contributed by atoms with E-state index in [-0.39, 0.29) is 18.1 Å². The first-order valence-corrected chi connectivity index (χ1v) is 7.38. The summed E-state index contributed by atoms with van der Waals surface area (Å²) in [6.45, 7) is 3.83. The van der Waals surface area contributed by atoms with Crippen molar-refractivity contribution in [1.82, 2.24) is 9.47 Å². The topological polar surface area (TPSA) is 60.5 Å². The lowest BCUT2D eigenvalue weighted by molar-refractivity contribution is 0.0134. The monoisotopic (exact) mass is 299 g/mol. The van der Waals surface area contributed by atoms with Gasteiger partial charge in [-0.25, -0.2) is 0 Å². The molecule has 0 radical (unpaired) electrons. The fourth-order valence-electron chi connectivity index (χ4n) is 2.78. The van der Waals surface area contributed by atoms with Gasteiger partial charge in [-0.2, -0.15) is 0 Å². The van der Waals surface area contributed by atoms with Crippen LogP contribution < -0.4 is 5.73 Å². The highest BCUT2D eigenvalue weighted by molar-refractivity contribution is 6.31. The first kappa shape index (κ1) is 15.4. The van der Waals surface area contributed by atoms with Crippen LogP contribution in [0.3, 0.4) is 0 Å². The molecule has 1 aromatic rings. The third kappa shape index (κ3) is 3.00. The summed E-state index contributed by atoms with van der Waals surface area (Å²) in [5.74, 6) is 0.00348. The number of carbonyl (C=O) groups is 1. The number of carbonyl (C=O) groups excluding carboxylic acids is 1. The number of rotatable bonds is 4. The fourth-order valence-corrected chi connectivity index (χ4v) is 3.00. The first-order chi connectivity index (χ1) is 9.60. The van der Waals surface area contributed by atoms with Gasteiger partial charge < -0.3 is 19.9 Å². The molecule has 1 aromatic heterocycles. The number of aromatic nitrogens is 1. The van der Waals surface area contributed by atoms with Crippen LogP contribution in [0.25, 0.3) is 0 Å². The van der Waals surface area contributed by atoms with Gasteiger partial charge in [0.2, 0.25) is 0 Å². The molecule has 1 amide bonds. The van der Waals surface area contributed by atoms with Gasteiger partial charge in [0.25, 0.3) is 5.91 Å². The summed E-state index contributed by atoms with van der Waals surface area (Å²) in [6, 6.07) is 1.75. The molecule has 1 aliphatic rings. The number of ether oxygens (including phenoxy) is 1. The van der Waals surface area contributed by atoms with Gasteiger partial charge in [-0.3, -0.25) is 4.79 Å². The van der Waals surface area contributed by atoms with Crippen molar-refractivity contribution in [2.75, 3.05) is 20.2 Å². The Morgan fingerprint density at radius 1 is 1.60 bits per heavy atom. The van der Waals surface area contributed by atoms with Crippen LogP contribution in [0.1, 0.15) is 30.3 Å². The van der Waals surface area contributed by atoms with Crippen molar-refractivity contribution >= 4 is 17.5 Å². The number of methoxy groups -OCH3 is 1. The summed E-state index contributed by atoms with van der Waals surface area (Å²) in [5, 5.41) is 0.589. The lowest BCUT2D eigenvalue weighted by atomic mass is 9.99. The molecular weight excluding hydrogens is 278 g/mol. The normalized spacial score (nSPS) is 23.1. The van der Waals surface area contributed by atoms with Crippen LogP contribution in [0.5, 0.6) is 0 Å². The Labute approximate surface area is 124 Å². The zero-order chi connectivity index (χ0) is 14.7. The molecule has 20 heavy (non-hydrogen) atoms. The van der Waals surface area contributed by atoms with Crippen molar-refractivity contribution < 1.29 is 9.53 Å². The van der Waals surface area contributed by atoms with Gasteiger partial charge in [0.1, 0.15) is 5.69 Å². The first-order valence-electron chi connectivity index (χ1n) is 7.00. The molecule has 2 rings (SSSR count). The van der Waals surface area contributed by atoms with E-state index < -0.39 is 0 Å². The molecule has 0 aromatic carbocycles. The van der Waals surface area contributed by atoms with E-state index in [2.05, 4.69) is 0 Å². The molecule has 0 saturated carbocycles. The SMILES string of the molecule is CCn1cc(Cl)cc1C(=O)N1CCC(OC)CC1CN. The minimum absolute atomic E-state index is 0.00348. The third-order valence-corrected chi connectivity index (χ3v) is 4.16. The Morgan fingerprint density at radius 3 is 2.95 bits per heavy atom. The predicted octanol–water partition coefficient (Wildman–Crippen LogP) is 1.74. The van der Waals surface area contributed by atoms with E-state index in [1.54, 1.807) is 19.4 Å². The number of halogens is 1. The van der Waals surface area contributed by atoms with E-state index in [1.807, 2.05) is 16.4 Å². The van der Waals surface area contributed by atoms with E-state index in [9.17, 15) is 4.79 Å². The summed E-state index contributed by atoms with van der Waals surface area (Å²) >= 11 is 6.01. The number of nitrogens with zero attached hydrogens (tertiary/aromatic N) is 2. The molecule has 2 unspecified atom stereocenters. The molecule has 0 bridgehead atoms. The van der Waals surface area contributed by atoms with E-state index in [1.165, 1.54) is 0 Å². The van der Waals surface area contributed by atoms with Crippen LogP contribution in [0.4, 0.5) is 0 Å². The van der Waals surface area contributed by atoms with E-state index in [0.717, 1.165) is 19.4 Å². The van der Waals surface area contributed by atoms with Gasteiger partial charge in [0.05, 0.1) is 11.1 Å². The number of likely N-dealkylation sites (tertiary alicyclic amines) is 1. The molecule has 2 N–H and O–H groups in total. The van der Waals surface area contributed by atoms with Crippen molar-refractivity contribution in [1.29, 1.82) is 0 Å². The van der Waals surface area contributed by atoms with Crippen molar-refractivity contribution in [3.05, 3.63) is 23.0 Å². The average molecular weight is 300 g/mol. The Morgan fingerprint density at radius 2 is 2.35 bits per heavy atom. The van der Waals surface area contributed by atoms with E-state index in [4.69, 9.17) is 22.1 Å². The molecule has 2 atom stereocenters. The molecule has 1 fully saturated rings. The summed E-state index contributed by atoms with van der Waals surface area (Å²) < 4.78 is 7.26. The molecule has 0 spiro atoms. The van der Waals surface area contributed by atoms with Crippen LogP contribution in [0, 0.1) is 0 Å². The maximum atomic E-state index is 12.7. The molecule has 5 nitrogen and oxygen atoms in total. The summed E-state index contributed by atoms with van der Waals surface area (Å²) in [6.07, 6.45) is 3.61. The van der Waals surface area contributed by atoms with Gasteiger partial charge in [-0.1, -0.05) is 11.6 Å². The number of hydrogen-bond acceptors (Lipinski definition) is 3. The molecule has 1 aliphatic heterocycles. The van der Waals surface area contributed by atoms with Gasteiger partial charge in [0.15, 0.2) is 0 Å². The van der Waals surface area contributed by atoms with E-state index >= 15 is 0 Å². The summed E-state index contributed by atoms with van der Waals surface area (Å²) in [4.78, 5) is 14.6. The molecule has 112 valence electrons. The quantitative estimate of drug-likeness (QED) is 0.921. The molecule has 0 aliphatic carbocycles. The largest absolute Gasteiger partial charge is 0.381 e. The average Bonchev–Trinajstić information content (AvgIpc) is 2.86. The Balaban J connectivity index is 2.19. The van der Waals surface area contributed by atoms with Crippen molar-refractivity contribution in [2.24, 2.45) is 5.73 Å². The van der Waals surface area contributed by atoms with Crippen LogP contribution in [-0.4, -0.2) is 47.7 Å². The second-order valence-corrected chi connectivity index (χ2v) is 5.54. The van der Waals surface area contributed by atoms with Crippen molar-refractivity contribution in [3.63, 3.8) is 0 Å². The minimum atomic E-state index is 0.00348. The maximum Gasteiger partial charge on any atom is 0.270 e. The van der Waals surface area contributed by atoms with E-state index in [0.29, 0.717) is 23.8 Å². The number of piperidine rings is 1. The third-order valence-electron chi connectivity index (χ3n) is 3.96. The van der Waals surface area contributed by atoms with Crippen LogP contribution in [0.15, 0.2) is 12.3 Å². The standard InChI is InChI=1S/C14H22ClN3O2/c1-3-17-9-10(15)6-13(17)14(19)18-5-4-12(20-2)7-11(18)8-16/h6,9,11-12H,3-5,7-8,16H2,1-2H3. The molecular formula is C14H22ClN3O2. The van der Waals surface area contributed by atoms with Crippen molar-refractivity contribution in [2.45, 2.75) is 38.5 Å². The molecule has 2 heterocycles. The summed E-state index contributed by atoms with van der Waals surface area (Å²) in [7, 11) is 1.71. The van der Waals surface area contributed by atoms with Gasteiger partial charge >= 0.3 is 0 Å². The van der Waals surface area contributed by atoms with Crippen LogP contribution >= 0.6 is 11.6 Å². The Hall–Kier alpha value is -1.04. The fraction of sp³-hybridized carbons (Fsp3) is 0.643.